The lowest BCUT2D eigenvalue weighted by Gasteiger charge is -2.19. The first kappa shape index (κ1) is 21.8. The normalized spacial score (nSPS) is 10.4. The van der Waals surface area contributed by atoms with Gasteiger partial charge in [0.25, 0.3) is 11.8 Å². The first-order chi connectivity index (χ1) is 14.9. The van der Waals surface area contributed by atoms with Gasteiger partial charge in [-0.15, -0.1) is 0 Å². The molecular formula is C23H24N4O4. The van der Waals surface area contributed by atoms with Crippen molar-refractivity contribution < 1.29 is 19.1 Å². The second-order valence-corrected chi connectivity index (χ2v) is 6.70. The molecule has 2 amide bonds. The molecule has 0 aliphatic rings. The second-order valence-electron chi connectivity index (χ2n) is 6.70. The van der Waals surface area contributed by atoms with Crippen LogP contribution in [0.1, 0.15) is 41.5 Å². The summed E-state index contributed by atoms with van der Waals surface area (Å²) in [5.41, 5.74) is 1.36. The van der Waals surface area contributed by atoms with Crippen molar-refractivity contribution in [1.29, 1.82) is 0 Å². The van der Waals surface area contributed by atoms with E-state index in [-0.39, 0.29) is 11.7 Å². The number of esters is 1. The third-order valence-electron chi connectivity index (χ3n) is 4.66. The molecule has 0 aliphatic carbocycles. The van der Waals surface area contributed by atoms with Crippen LogP contribution in [0.25, 0.3) is 5.69 Å². The van der Waals surface area contributed by atoms with Crippen LogP contribution >= 0.6 is 0 Å². The van der Waals surface area contributed by atoms with Crippen LogP contribution in [0.15, 0.2) is 60.8 Å². The molecule has 0 aliphatic heterocycles. The Morgan fingerprint density at radius 3 is 2.23 bits per heavy atom. The van der Waals surface area contributed by atoms with E-state index in [0.29, 0.717) is 35.7 Å². The molecule has 0 saturated carbocycles. The molecule has 2 aromatic carbocycles. The van der Waals surface area contributed by atoms with Crippen molar-refractivity contribution in [1.82, 2.24) is 14.7 Å². The maximum absolute atomic E-state index is 13.0. The summed E-state index contributed by atoms with van der Waals surface area (Å²) in [7, 11) is 0. The van der Waals surface area contributed by atoms with Crippen LogP contribution in [-0.2, 0) is 4.79 Å². The number of aromatic nitrogens is 2. The summed E-state index contributed by atoms with van der Waals surface area (Å²) in [6.07, 6.45) is 1.47. The summed E-state index contributed by atoms with van der Waals surface area (Å²) in [4.78, 5) is 38.7. The third-order valence-corrected chi connectivity index (χ3v) is 4.66. The molecular weight excluding hydrogens is 396 g/mol. The van der Waals surface area contributed by atoms with Crippen LogP contribution < -0.4 is 10.1 Å². The van der Waals surface area contributed by atoms with Crippen molar-refractivity contribution in [3.63, 3.8) is 0 Å². The number of carbonyl (C=O) groups is 3. The summed E-state index contributed by atoms with van der Waals surface area (Å²) in [5, 5.41) is 7.17. The Morgan fingerprint density at radius 1 is 1.00 bits per heavy atom. The maximum Gasteiger partial charge on any atom is 0.308 e. The van der Waals surface area contributed by atoms with Gasteiger partial charge >= 0.3 is 5.97 Å². The number of ether oxygens (including phenoxy) is 1. The van der Waals surface area contributed by atoms with E-state index in [9.17, 15) is 14.4 Å². The van der Waals surface area contributed by atoms with Crippen molar-refractivity contribution in [2.45, 2.75) is 20.8 Å². The Bertz CT molecular complexity index is 1070. The Labute approximate surface area is 180 Å². The van der Waals surface area contributed by atoms with E-state index < -0.39 is 11.9 Å². The largest absolute Gasteiger partial charge is 0.427 e. The zero-order valence-corrected chi connectivity index (χ0v) is 17.7. The van der Waals surface area contributed by atoms with E-state index in [4.69, 9.17) is 4.74 Å². The molecule has 3 aromatic rings. The summed E-state index contributed by atoms with van der Waals surface area (Å²) < 4.78 is 6.53. The zero-order chi connectivity index (χ0) is 22.4. The van der Waals surface area contributed by atoms with Crippen LogP contribution in [0.2, 0.25) is 0 Å². The number of amides is 2. The predicted octanol–water partition coefficient (Wildman–Crippen LogP) is 3.53. The fourth-order valence-corrected chi connectivity index (χ4v) is 3.09. The van der Waals surface area contributed by atoms with E-state index in [0.717, 1.165) is 0 Å². The highest BCUT2D eigenvalue weighted by Crippen LogP contribution is 2.23. The number of nitrogens with one attached hydrogen (secondary N) is 1. The second kappa shape index (κ2) is 9.71. The van der Waals surface area contributed by atoms with Gasteiger partial charge in [-0.1, -0.05) is 18.2 Å². The van der Waals surface area contributed by atoms with Gasteiger partial charge < -0.3 is 15.0 Å². The van der Waals surface area contributed by atoms with Crippen LogP contribution in [0, 0.1) is 0 Å². The number of carbonyl (C=O) groups excluding carboxylic acids is 3. The van der Waals surface area contributed by atoms with E-state index in [2.05, 4.69) is 10.4 Å². The van der Waals surface area contributed by atoms with Gasteiger partial charge in [0.2, 0.25) is 0 Å². The summed E-state index contributed by atoms with van der Waals surface area (Å²) in [6, 6.07) is 15.4. The summed E-state index contributed by atoms with van der Waals surface area (Å²) in [6.45, 7) is 6.17. The van der Waals surface area contributed by atoms with Gasteiger partial charge in [0.1, 0.15) is 17.1 Å². The molecule has 0 unspecified atom stereocenters. The van der Waals surface area contributed by atoms with Crippen LogP contribution in [-0.4, -0.2) is 45.6 Å². The van der Waals surface area contributed by atoms with Gasteiger partial charge in [-0.05, 0) is 50.2 Å². The standard InChI is InChI=1S/C23H24N4O4/c1-4-26(5-2)23(30)20-15-24-27(18-9-7-6-8-10-18)21(20)25-22(29)17-11-13-19(14-12-17)31-16(3)28/h6-15H,4-5H2,1-3H3,(H,25,29). The Hall–Kier alpha value is -3.94. The first-order valence-electron chi connectivity index (χ1n) is 9.97. The van der Waals surface area contributed by atoms with Gasteiger partial charge in [-0.3, -0.25) is 14.4 Å². The zero-order valence-electron chi connectivity index (χ0n) is 17.7. The molecule has 0 atom stereocenters. The van der Waals surface area contributed by atoms with E-state index >= 15 is 0 Å². The molecule has 1 aromatic heterocycles. The molecule has 0 bridgehead atoms. The SMILES string of the molecule is CCN(CC)C(=O)c1cnn(-c2ccccc2)c1NC(=O)c1ccc(OC(C)=O)cc1. The van der Waals surface area contributed by atoms with Crippen LogP contribution in [0.4, 0.5) is 5.82 Å². The van der Waals surface area contributed by atoms with Crippen molar-refractivity contribution in [2.24, 2.45) is 0 Å². The number of para-hydroxylation sites is 1. The average molecular weight is 420 g/mol. The molecule has 3 rings (SSSR count). The number of rotatable bonds is 7. The topological polar surface area (TPSA) is 93.5 Å². The minimum absolute atomic E-state index is 0.215. The summed E-state index contributed by atoms with van der Waals surface area (Å²) in [5.74, 6) is -0.440. The Morgan fingerprint density at radius 2 is 1.65 bits per heavy atom. The fraction of sp³-hybridized carbons (Fsp3) is 0.217. The van der Waals surface area contributed by atoms with Crippen molar-refractivity contribution in [2.75, 3.05) is 18.4 Å². The third kappa shape index (κ3) is 4.98. The lowest BCUT2D eigenvalue weighted by molar-refractivity contribution is -0.131. The highest BCUT2D eigenvalue weighted by Gasteiger charge is 2.24. The van der Waals surface area contributed by atoms with E-state index in [1.807, 2.05) is 44.2 Å². The molecule has 31 heavy (non-hydrogen) atoms. The molecule has 8 heteroatoms. The number of hydrogen-bond donors (Lipinski definition) is 1. The number of nitrogens with zero attached hydrogens (tertiary/aromatic N) is 3. The molecule has 0 saturated heterocycles. The minimum Gasteiger partial charge on any atom is -0.427 e. The van der Waals surface area contributed by atoms with Crippen molar-refractivity contribution in [3.05, 3.63) is 71.9 Å². The van der Waals surface area contributed by atoms with E-state index in [1.165, 1.54) is 29.9 Å². The number of hydrogen-bond acceptors (Lipinski definition) is 5. The van der Waals surface area contributed by atoms with Gasteiger partial charge in [0.05, 0.1) is 11.9 Å². The number of anilines is 1. The van der Waals surface area contributed by atoms with Gasteiger partial charge in [-0.2, -0.15) is 5.10 Å². The van der Waals surface area contributed by atoms with Gasteiger partial charge in [-0.25, -0.2) is 4.68 Å². The fourth-order valence-electron chi connectivity index (χ4n) is 3.09. The highest BCUT2D eigenvalue weighted by atomic mass is 16.5. The quantitative estimate of drug-likeness (QED) is 0.466. The molecule has 1 N–H and O–H groups in total. The monoisotopic (exact) mass is 420 g/mol. The average Bonchev–Trinajstić information content (AvgIpc) is 3.18. The summed E-state index contributed by atoms with van der Waals surface area (Å²) >= 11 is 0. The molecule has 1 heterocycles. The molecule has 160 valence electrons. The first-order valence-corrected chi connectivity index (χ1v) is 9.97. The molecule has 0 fully saturated rings. The Kier molecular flexibility index (Phi) is 6.81. The van der Waals surface area contributed by atoms with E-state index in [1.54, 1.807) is 17.0 Å². The smallest absolute Gasteiger partial charge is 0.308 e. The molecule has 0 radical (unpaired) electrons. The molecule has 0 spiro atoms. The maximum atomic E-state index is 13.0. The van der Waals surface area contributed by atoms with Crippen molar-refractivity contribution >= 4 is 23.6 Å². The minimum atomic E-state index is -0.441. The Balaban J connectivity index is 1.95. The van der Waals surface area contributed by atoms with Crippen molar-refractivity contribution in [3.8, 4) is 11.4 Å². The van der Waals surface area contributed by atoms with Crippen LogP contribution in [0.3, 0.4) is 0 Å². The lowest BCUT2D eigenvalue weighted by atomic mass is 10.2. The van der Waals surface area contributed by atoms with Crippen LogP contribution in [0.5, 0.6) is 5.75 Å². The predicted molar refractivity (Wildman–Crippen MR) is 117 cm³/mol. The number of benzene rings is 2. The lowest BCUT2D eigenvalue weighted by Crippen LogP contribution is -2.31. The van der Waals surface area contributed by atoms with Gasteiger partial charge in [0, 0.05) is 25.6 Å². The highest BCUT2D eigenvalue weighted by molar-refractivity contribution is 6.08. The molecule has 8 nitrogen and oxygen atoms in total. The van der Waals surface area contributed by atoms with Gasteiger partial charge in [0.15, 0.2) is 0 Å².